The van der Waals surface area contributed by atoms with Gasteiger partial charge in [0.2, 0.25) is 17.7 Å². The van der Waals surface area contributed by atoms with Crippen molar-refractivity contribution in [2.45, 2.75) is 31.0 Å². The van der Waals surface area contributed by atoms with Crippen molar-refractivity contribution >= 4 is 52.5 Å². The summed E-state index contributed by atoms with van der Waals surface area (Å²) in [6, 6.07) is 7.94. The summed E-state index contributed by atoms with van der Waals surface area (Å²) in [5.41, 5.74) is 6.09. The number of nitrogens with two attached hydrogens (primary N) is 1. The van der Waals surface area contributed by atoms with Gasteiger partial charge in [0.15, 0.2) is 0 Å². The SMILES string of the molecule is COc1ccc(NC(=O)N[C@H]2C[C@@H](C(=O)N[C@@H](Cc3cccs3)C(N)=O)N(C(=O)CSC)C2)cc1. The largest absolute Gasteiger partial charge is 0.497 e. The van der Waals surface area contributed by atoms with Gasteiger partial charge < -0.3 is 31.3 Å². The molecule has 1 saturated heterocycles. The molecule has 0 aliphatic carbocycles. The highest BCUT2D eigenvalue weighted by atomic mass is 32.2. The summed E-state index contributed by atoms with van der Waals surface area (Å²) in [6.45, 7) is 0.180. The summed E-state index contributed by atoms with van der Waals surface area (Å²) in [5.74, 6) is -0.480. The maximum Gasteiger partial charge on any atom is 0.319 e. The number of nitrogens with zero attached hydrogens (tertiary/aromatic N) is 1. The molecule has 0 saturated carbocycles. The van der Waals surface area contributed by atoms with Gasteiger partial charge in [0.25, 0.3) is 0 Å². The average Bonchev–Trinajstić information content (AvgIpc) is 3.49. The fourth-order valence-corrected chi connectivity index (χ4v) is 4.98. The smallest absolute Gasteiger partial charge is 0.319 e. The highest BCUT2D eigenvalue weighted by Crippen LogP contribution is 2.21. The Bertz CT molecular complexity index is 1030. The minimum atomic E-state index is -0.899. The number of ether oxygens (including phenoxy) is 1. The Hall–Kier alpha value is -3.25. The Morgan fingerprint density at radius 2 is 1.97 bits per heavy atom. The van der Waals surface area contributed by atoms with E-state index in [0.29, 0.717) is 11.4 Å². The first kappa shape index (κ1) is 26.4. The predicted octanol–water partition coefficient (Wildman–Crippen LogP) is 1.42. The molecule has 0 bridgehead atoms. The van der Waals surface area contributed by atoms with Gasteiger partial charge in [0.1, 0.15) is 17.8 Å². The molecule has 1 fully saturated rings. The van der Waals surface area contributed by atoms with E-state index in [2.05, 4.69) is 16.0 Å². The number of benzene rings is 1. The topological polar surface area (TPSA) is 143 Å². The van der Waals surface area contributed by atoms with Crippen molar-refractivity contribution in [2.75, 3.05) is 31.0 Å². The zero-order valence-electron chi connectivity index (χ0n) is 19.5. The Morgan fingerprint density at radius 1 is 1.23 bits per heavy atom. The second-order valence-electron chi connectivity index (χ2n) is 8.00. The fourth-order valence-electron chi connectivity index (χ4n) is 3.82. The number of anilines is 1. The number of thiophene rings is 1. The number of carbonyl (C=O) groups is 4. The van der Waals surface area contributed by atoms with Crippen molar-refractivity contribution in [2.24, 2.45) is 5.73 Å². The lowest BCUT2D eigenvalue weighted by atomic mass is 10.1. The van der Waals surface area contributed by atoms with E-state index >= 15 is 0 Å². The lowest BCUT2D eigenvalue weighted by molar-refractivity contribution is -0.137. The van der Waals surface area contributed by atoms with Gasteiger partial charge >= 0.3 is 6.03 Å². The molecule has 2 aromatic rings. The lowest BCUT2D eigenvalue weighted by Gasteiger charge is -2.25. The van der Waals surface area contributed by atoms with Gasteiger partial charge in [0, 0.05) is 23.5 Å². The van der Waals surface area contributed by atoms with Crippen LogP contribution in [0.3, 0.4) is 0 Å². The third kappa shape index (κ3) is 7.36. The van der Waals surface area contributed by atoms with E-state index in [9.17, 15) is 19.2 Å². The number of rotatable bonds is 10. The van der Waals surface area contributed by atoms with Crippen LogP contribution < -0.4 is 26.4 Å². The number of hydrogen-bond donors (Lipinski definition) is 4. The molecule has 0 unspecified atom stereocenters. The molecule has 0 radical (unpaired) electrons. The standard InChI is InChI=1S/C23H29N5O5S2/c1-33-16-7-5-14(6-8-16)25-23(32)26-15-10-19(28(12-15)20(29)13-34-2)22(31)27-18(21(24)30)11-17-4-3-9-35-17/h3-9,15,18-19H,10-13H2,1-2H3,(H2,24,30)(H,27,31)(H2,25,26,32)/t15-,18-,19-/m0/s1. The van der Waals surface area contributed by atoms with Crippen LogP contribution in [0, 0.1) is 0 Å². The highest BCUT2D eigenvalue weighted by Gasteiger charge is 2.40. The third-order valence-electron chi connectivity index (χ3n) is 5.52. The second kappa shape index (κ2) is 12.5. The van der Waals surface area contributed by atoms with E-state index in [-0.39, 0.29) is 31.0 Å². The van der Waals surface area contributed by atoms with E-state index in [4.69, 9.17) is 10.5 Å². The van der Waals surface area contributed by atoms with E-state index in [1.54, 1.807) is 37.6 Å². The summed E-state index contributed by atoms with van der Waals surface area (Å²) in [7, 11) is 1.56. The number of likely N-dealkylation sites (tertiary alicyclic amines) is 1. The van der Waals surface area contributed by atoms with Crippen LogP contribution in [-0.4, -0.2) is 72.4 Å². The highest BCUT2D eigenvalue weighted by molar-refractivity contribution is 7.99. The zero-order chi connectivity index (χ0) is 25.4. The van der Waals surface area contributed by atoms with Gasteiger partial charge in [-0.15, -0.1) is 11.3 Å². The van der Waals surface area contributed by atoms with E-state index in [0.717, 1.165) is 4.88 Å². The van der Waals surface area contributed by atoms with Gasteiger partial charge in [-0.05, 0) is 48.4 Å². The minimum absolute atomic E-state index is 0.180. The quantitative estimate of drug-likeness (QED) is 0.374. The molecule has 1 aromatic heterocycles. The molecule has 188 valence electrons. The molecule has 10 nitrogen and oxygen atoms in total. The molecule has 5 amide bonds. The predicted molar refractivity (Wildman–Crippen MR) is 137 cm³/mol. The minimum Gasteiger partial charge on any atom is -0.497 e. The van der Waals surface area contributed by atoms with E-state index in [1.807, 2.05) is 17.5 Å². The van der Waals surface area contributed by atoms with Gasteiger partial charge in [0.05, 0.1) is 18.9 Å². The Balaban J connectivity index is 1.65. The lowest BCUT2D eigenvalue weighted by Crippen LogP contribution is -2.53. The van der Waals surface area contributed by atoms with Crippen LogP contribution in [0.4, 0.5) is 10.5 Å². The maximum atomic E-state index is 13.1. The van der Waals surface area contributed by atoms with Crippen molar-refractivity contribution in [1.29, 1.82) is 0 Å². The first-order valence-corrected chi connectivity index (χ1v) is 13.2. The molecular weight excluding hydrogens is 490 g/mol. The monoisotopic (exact) mass is 519 g/mol. The average molecular weight is 520 g/mol. The molecule has 3 atom stereocenters. The van der Waals surface area contributed by atoms with Gasteiger partial charge in [-0.25, -0.2) is 4.79 Å². The van der Waals surface area contributed by atoms with Gasteiger partial charge in [-0.3, -0.25) is 14.4 Å². The molecule has 1 aliphatic heterocycles. The Labute approximate surface area is 211 Å². The van der Waals surface area contributed by atoms with Crippen molar-refractivity contribution in [1.82, 2.24) is 15.5 Å². The molecule has 0 spiro atoms. The molecule has 1 aromatic carbocycles. The fraction of sp³-hybridized carbons (Fsp3) is 0.391. The second-order valence-corrected chi connectivity index (χ2v) is 9.90. The van der Waals surface area contributed by atoms with Crippen LogP contribution in [-0.2, 0) is 20.8 Å². The number of amides is 5. The summed E-state index contributed by atoms with van der Waals surface area (Å²) < 4.78 is 5.11. The molecule has 5 N–H and O–H groups in total. The summed E-state index contributed by atoms with van der Waals surface area (Å²) >= 11 is 2.81. The number of urea groups is 1. The third-order valence-corrected chi connectivity index (χ3v) is 6.95. The molecule has 1 aliphatic rings. The van der Waals surface area contributed by atoms with Crippen molar-refractivity contribution in [3.8, 4) is 5.75 Å². The van der Waals surface area contributed by atoms with Crippen LogP contribution in [0.1, 0.15) is 11.3 Å². The van der Waals surface area contributed by atoms with Gasteiger partial charge in [-0.2, -0.15) is 11.8 Å². The van der Waals surface area contributed by atoms with Crippen molar-refractivity contribution in [3.05, 3.63) is 46.7 Å². The van der Waals surface area contributed by atoms with Crippen LogP contribution in [0.15, 0.2) is 41.8 Å². The van der Waals surface area contributed by atoms with Crippen LogP contribution in [0.25, 0.3) is 0 Å². The number of methoxy groups -OCH3 is 1. The van der Waals surface area contributed by atoms with Crippen LogP contribution in [0.5, 0.6) is 5.75 Å². The first-order chi connectivity index (χ1) is 16.8. The van der Waals surface area contributed by atoms with Crippen molar-refractivity contribution < 1.29 is 23.9 Å². The number of carbonyl (C=O) groups excluding carboxylic acids is 4. The summed E-state index contributed by atoms with van der Waals surface area (Å²) in [5, 5.41) is 10.1. The van der Waals surface area contributed by atoms with Crippen LogP contribution >= 0.6 is 23.1 Å². The van der Waals surface area contributed by atoms with Crippen LogP contribution in [0.2, 0.25) is 0 Å². The van der Waals surface area contributed by atoms with E-state index < -0.39 is 36.0 Å². The number of primary amides is 1. The van der Waals surface area contributed by atoms with Crippen molar-refractivity contribution in [3.63, 3.8) is 0 Å². The van der Waals surface area contributed by atoms with E-state index in [1.165, 1.54) is 28.0 Å². The Kier molecular flexibility index (Phi) is 9.38. The first-order valence-electron chi connectivity index (χ1n) is 10.9. The number of thioether (sulfide) groups is 1. The summed E-state index contributed by atoms with van der Waals surface area (Å²) in [6.07, 6.45) is 2.29. The Morgan fingerprint density at radius 3 is 2.57 bits per heavy atom. The normalized spacial score (nSPS) is 17.9. The van der Waals surface area contributed by atoms with Gasteiger partial charge in [-0.1, -0.05) is 6.07 Å². The molecule has 2 heterocycles. The summed E-state index contributed by atoms with van der Waals surface area (Å²) in [4.78, 5) is 52.7. The molecule has 12 heteroatoms. The number of nitrogens with one attached hydrogen (secondary N) is 3. The molecule has 3 rings (SSSR count). The maximum absolute atomic E-state index is 13.1. The molecule has 35 heavy (non-hydrogen) atoms. The zero-order valence-corrected chi connectivity index (χ0v) is 21.1. The molecular formula is C23H29N5O5S2. The number of hydrogen-bond acceptors (Lipinski definition) is 7.